The Kier molecular flexibility index (Phi) is 4.80. The van der Waals surface area contributed by atoms with Crippen LogP contribution >= 0.6 is 23.1 Å². The smallest absolute Gasteiger partial charge is 0.262 e. The van der Waals surface area contributed by atoms with Crippen LogP contribution in [-0.4, -0.2) is 19.7 Å². The van der Waals surface area contributed by atoms with Crippen LogP contribution in [0.25, 0.3) is 21.6 Å². The fraction of sp³-hybridized carbons (Fsp3) is 0.263. The summed E-state index contributed by atoms with van der Waals surface area (Å²) in [5.74, 6) is 0.758. The van der Waals surface area contributed by atoms with Crippen LogP contribution in [0.5, 0.6) is 0 Å². The van der Waals surface area contributed by atoms with Crippen LogP contribution in [0.3, 0.4) is 0 Å². The Morgan fingerprint density at radius 2 is 2.04 bits per heavy atom. The number of rotatable bonds is 4. The van der Waals surface area contributed by atoms with Crippen molar-refractivity contribution in [3.05, 3.63) is 56.3 Å². The molecule has 28 heavy (non-hydrogen) atoms. The Morgan fingerprint density at radius 3 is 2.79 bits per heavy atom. The van der Waals surface area contributed by atoms with E-state index in [-0.39, 0.29) is 11.4 Å². The van der Waals surface area contributed by atoms with Crippen molar-refractivity contribution in [1.29, 1.82) is 0 Å². The highest BCUT2D eigenvalue weighted by molar-refractivity contribution is 7.98. The fourth-order valence-electron chi connectivity index (χ4n) is 2.77. The molecule has 0 aliphatic carbocycles. The van der Waals surface area contributed by atoms with Gasteiger partial charge in [0.1, 0.15) is 10.6 Å². The molecule has 4 aromatic rings. The lowest BCUT2D eigenvalue weighted by Crippen LogP contribution is -2.19. The van der Waals surface area contributed by atoms with Crippen LogP contribution in [0.15, 0.2) is 32.7 Å². The van der Waals surface area contributed by atoms with Gasteiger partial charge in [-0.15, -0.1) is 11.3 Å². The number of benzene rings is 1. The second-order valence-electron chi connectivity index (χ2n) is 6.49. The van der Waals surface area contributed by atoms with Crippen LogP contribution in [0.4, 0.5) is 4.39 Å². The van der Waals surface area contributed by atoms with Gasteiger partial charge in [-0.3, -0.25) is 9.36 Å². The number of aryl methyl sites for hydroxylation is 3. The summed E-state index contributed by atoms with van der Waals surface area (Å²) in [7, 11) is 1.71. The third-order valence-corrected chi connectivity index (χ3v) is 6.71. The van der Waals surface area contributed by atoms with Gasteiger partial charge in [0.15, 0.2) is 5.16 Å². The lowest BCUT2D eigenvalue weighted by atomic mass is 10.1. The highest BCUT2D eigenvalue weighted by Gasteiger charge is 2.16. The van der Waals surface area contributed by atoms with Crippen LogP contribution in [0.1, 0.15) is 21.9 Å². The molecule has 0 amide bonds. The molecule has 0 spiro atoms. The number of halogens is 1. The highest BCUT2D eigenvalue weighted by atomic mass is 32.2. The first-order chi connectivity index (χ1) is 13.3. The molecule has 144 valence electrons. The van der Waals surface area contributed by atoms with E-state index in [0.717, 1.165) is 15.3 Å². The third kappa shape index (κ3) is 3.24. The molecule has 0 unspecified atom stereocenters. The maximum atomic E-state index is 13.8. The molecule has 1 aromatic carbocycles. The highest BCUT2D eigenvalue weighted by Crippen LogP contribution is 2.29. The van der Waals surface area contributed by atoms with Crippen molar-refractivity contribution in [3.8, 4) is 11.4 Å². The average molecular weight is 417 g/mol. The average Bonchev–Trinajstić information content (AvgIpc) is 3.24. The lowest BCUT2D eigenvalue weighted by Gasteiger charge is -2.05. The second kappa shape index (κ2) is 7.14. The van der Waals surface area contributed by atoms with Crippen LogP contribution in [0, 0.1) is 26.6 Å². The van der Waals surface area contributed by atoms with Gasteiger partial charge < -0.3 is 4.52 Å². The zero-order valence-corrected chi connectivity index (χ0v) is 17.4. The summed E-state index contributed by atoms with van der Waals surface area (Å²) in [5, 5.41) is 5.18. The van der Waals surface area contributed by atoms with E-state index in [2.05, 4.69) is 15.1 Å². The minimum absolute atomic E-state index is 0.0595. The molecule has 0 radical (unpaired) electrons. The van der Waals surface area contributed by atoms with E-state index < -0.39 is 0 Å². The summed E-state index contributed by atoms with van der Waals surface area (Å²) in [6, 6.07) is 4.81. The van der Waals surface area contributed by atoms with E-state index >= 15 is 0 Å². The Labute approximate surface area is 168 Å². The first-order valence-corrected chi connectivity index (χ1v) is 10.3. The van der Waals surface area contributed by atoms with Crippen molar-refractivity contribution in [2.45, 2.75) is 31.7 Å². The van der Waals surface area contributed by atoms with Gasteiger partial charge in [0.25, 0.3) is 5.56 Å². The van der Waals surface area contributed by atoms with Crippen molar-refractivity contribution in [2.75, 3.05) is 0 Å². The van der Waals surface area contributed by atoms with Crippen molar-refractivity contribution < 1.29 is 8.91 Å². The number of hydrogen-bond donors (Lipinski definition) is 0. The van der Waals surface area contributed by atoms with E-state index in [4.69, 9.17) is 4.52 Å². The molecule has 0 aliphatic rings. The first-order valence-electron chi connectivity index (χ1n) is 8.53. The third-order valence-electron chi connectivity index (χ3n) is 4.59. The van der Waals surface area contributed by atoms with E-state index in [1.165, 1.54) is 29.2 Å². The summed E-state index contributed by atoms with van der Waals surface area (Å²) >= 11 is 2.86. The Hall–Kier alpha value is -2.52. The fourth-order valence-corrected chi connectivity index (χ4v) is 4.65. The molecule has 4 rings (SSSR count). The monoisotopic (exact) mass is 416 g/mol. The molecular formula is C19H17FN4O2S2. The molecule has 3 aromatic heterocycles. The minimum atomic E-state index is -0.313. The number of thiophene rings is 1. The number of hydrogen-bond acceptors (Lipinski definition) is 7. The molecule has 3 heterocycles. The SMILES string of the molecule is Cc1ccc(-c2noc(CSc3nc4sc(C)c(C)c4c(=O)n3C)n2)cc1F. The molecule has 0 N–H and O–H groups in total. The number of aromatic nitrogens is 4. The minimum Gasteiger partial charge on any atom is -0.338 e. The summed E-state index contributed by atoms with van der Waals surface area (Å²) in [6.07, 6.45) is 0. The quantitative estimate of drug-likeness (QED) is 0.363. The second-order valence-corrected chi connectivity index (χ2v) is 8.63. The largest absolute Gasteiger partial charge is 0.338 e. The Balaban J connectivity index is 1.58. The van der Waals surface area contributed by atoms with Gasteiger partial charge in [0, 0.05) is 17.5 Å². The predicted molar refractivity (Wildman–Crippen MR) is 108 cm³/mol. The molecule has 6 nitrogen and oxygen atoms in total. The van der Waals surface area contributed by atoms with Gasteiger partial charge in [-0.05, 0) is 38.0 Å². The molecule has 0 fully saturated rings. The summed E-state index contributed by atoms with van der Waals surface area (Å²) < 4.78 is 20.6. The van der Waals surface area contributed by atoms with Gasteiger partial charge in [0.2, 0.25) is 11.7 Å². The Bertz CT molecular complexity index is 1260. The number of fused-ring (bicyclic) bond motifs is 1. The van der Waals surface area contributed by atoms with E-state index in [9.17, 15) is 9.18 Å². The standard InChI is InChI=1S/C19H17FN4O2S2/c1-9-5-6-12(7-13(9)20)16-21-14(26-23-16)8-27-19-22-17-15(18(25)24(19)4)10(2)11(3)28-17/h5-7H,8H2,1-4H3. The summed E-state index contributed by atoms with van der Waals surface area (Å²) in [5.41, 5.74) is 2.04. The number of nitrogens with zero attached hydrogens (tertiary/aromatic N) is 4. The van der Waals surface area contributed by atoms with Gasteiger partial charge in [-0.25, -0.2) is 9.37 Å². The molecule has 9 heteroatoms. The van der Waals surface area contributed by atoms with E-state index in [1.807, 2.05) is 13.8 Å². The van der Waals surface area contributed by atoms with Crippen LogP contribution in [0.2, 0.25) is 0 Å². The van der Waals surface area contributed by atoms with E-state index in [0.29, 0.717) is 39.1 Å². The molecule has 0 saturated carbocycles. The number of thioether (sulfide) groups is 1. The normalized spacial score (nSPS) is 11.5. The molecule has 0 aliphatic heterocycles. The van der Waals surface area contributed by atoms with Gasteiger partial charge in [-0.2, -0.15) is 4.98 Å². The molecule has 0 bridgehead atoms. The first kappa shape index (κ1) is 18.8. The molecule has 0 atom stereocenters. The van der Waals surface area contributed by atoms with Gasteiger partial charge in [-0.1, -0.05) is 29.1 Å². The van der Waals surface area contributed by atoms with Crippen molar-refractivity contribution in [3.63, 3.8) is 0 Å². The maximum absolute atomic E-state index is 13.8. The zero-order valence-electron chi connectivity index (χ0n) is 15.7. The van der Waals surface area contributed by atoms with Crippen LogP contribution in [-0.2, 0) is 12.8 Å². The Morgan fingerprint density at radius 1 is 1.25 bits per heavy atom. The topological polar surface area (TPSA) is 73.8 Å². The molecular weight excluding hydrogens is 399 g/mol. The summed E-state index contributed by atoms with van der Waals surface area (Å²) in [4.78, 5) is 23.4. The van der Waals surface area contributed by atoms with Gasteiger partial charge in [0.05, 0.1) is 11.1 Å². The molecule has 0 saturated heterocycles. The zero-order chi connectivity index (χ0) is 20.0. The van der Waals surface area contributed by atoms with Crippen molar-refractivity contribution in [1.82, 2.24) is 19.7 Å². The summed E-state index contributed by atoms with van der Waals surface area (Å²) in [6.45, 7) is 5.63. The maximum Gasteiger partial charge on any atom is 0.262 e. The predicted octanol–water partition coefficient (Wildman–Crippen LogP) is 4.40. The van der Waals surface area contributed by atoms with Crippen molar-refractivity contribution >= 4 is 33.3 Å². The van der Waals surface area contributed by atoms with Gasteiger partial charge >= 0.3 is 0 Å². The van der Waals surface area contributed by atoms with Crippen LogP contribution < -0.4 is 5.56 Å². The van der Waals surface area contributed by atoms with Crippen molar-refractivity contribution in [2.24, 2.45) is 7.05 Å². The van der Waals surface area contributed by atoms with E-state index in [1.54, 1.807) is 30.7 Å². The lowest BCUT2D eigenvalue weighted by molar-refractivity contribution is 0.391.